The van der Waals surface area contributed by atoms with Gasteiger partial charge < -0.3 is 4.90 Å². The van der Waals surface area contributed by atoms with Gasteiger partial charge in [0.25, 0.3) is 0 Å². The van der Waals surface area contributed by atoms with Crippen LogP contribution in [0.1, 0.15) is 57.0 Å². The first-order valence-corrected chi connectivity index (χ1v) is 7.80. The van der Waals surface area contributed by atoms with Gasteiger partial charge in [-0.25, -0.2) is 9.97 Å². The van der Waals surface area contributed by atoms with Crippen molar-refractivity contribution in [2.45, 2.75) is 58.8 Å². The molecule has 0 atom stereocenters. The zero-order chi connectivity index (χ0) is 13.3. The average Bonchev–Trinajstić information content (AvgIpc) is 2.83. The lowest BCUT2D eigenvalue weighted by molar-refractivity contribution is 0.219. The molecular formula is C16H25N3. The molecule has 0 amide bonds. The lowest BCUT2D eigenvalue weighted by Gasteiger charge is -2.33. The van der Waals surface area contributed by atoms with Crippen LogP contribution in [0.4, 0.5) is 5.82 Å². The van der Waals surface area contributed by atoms with Crippen molar-refractivity contribution in [3.05, 3.63) is 17.6 Å². The van der Waals surface area contributed by atoms with Gasteiger partial charge in [-0.1, -0.05) is 26.2 Å². The van der Waals surface area contributed by atoms with Crippen LogP contribution in [0, 0.1) is 12.3 Å². The van der Waals surface area contributed by atoms with E-state index in [0.29, 0.717) is 5.41 Å². The van der Waals surface area contributed by atoms with Crippen LogP contribution in [-0.4, -0.2) is 23.1 Å². The highest BCUT2D eigenvalue weighted by Gasteiger charge is 2.39. The minimum atomic E-state index is 0.601. The second-order valence-electron chi connectivity index (χ2n) is 6.35. The zero-order valence-corrected chi connectivity index (χ0v) is 12.3. The van der Waals surface area contributed by atoms with Crippen molar-refractivity contribution < 1.29 is 0 Å². The summed E-state index contributed by atoms with van der Waals surface area (Å²) in [6.45, 7) is 6.57. The molecule has 104 valence electrons. The molecule has 2 aliphatic rings. The van der Waals surface area contributed by atoms with Gasteiger partial charge >= 0.3 is 0 Å². The van der Waals surface area contributed by atoms with E-state index in [9.17, 15) is 0 Å². The second-order valence-corrected chi connectivity index (χ2v) is 6.35. The van der Waals surface area contributed by atoms with Crippen molar-refractivity contribution in [2.75, 3.05) is 18.0 Å². The maximum atomic E-state index is 4.66. The van der Waals surface area contributed by atoms with Gasteiger partial charge in [-0.3, -0.25) is 0 Å². The Bertz CT molecular complexity index is 449. The van der Waals surface area contributed by atoms with E-state index >= 15 is 0 Å². The zero-order valence-electron chi connectivity index (χ0n) is 12.3. The number of hydrogen-bond donors (Lipinski definition) is 0. The van der Waals surface area contributed by atoms with Crippen LogP contribution < -0.4 is 4.90 Å². The Morgan fingerprint density at radius 3 is 2.68 bits per heavy atom. The molecule has 2 fully saturated rings. The molecule has 1 spiro atoms. The molecule has 1 aromatic rings. The molecule has 19 heavy (non-hydrogen) atoms. The molecule has 3 nitrogen and oxygen atoms in total. The Balaban J connectivity index is 1.78. The summed E-state index contributed by atoms with van der Waals surface area (Å²) >= 11 is 0. The fourth-order valence-corrected chi connectivity index (χ4v) is 3.80. The van der Waals surface area contributed by atoms with Crippen LogP contribution in [0.15, 0.2) is 6.07 Å². The summed E-state index contributed by atoms with van der Waals surface area (Å²) in [4.78, 5) is 11.6. The highest BCUT2D eigenvalue weighted by molar-refractivity contribution is 5.42. The quantitative estimate of drug-likeness (QED) is 0.814. The van der Waals surface area contributed by atoms with Crippen LogP contribution in [0.25, 0.3) is 0 Å². The predicted molar refractivity (Wildman–Crippen MR) is 78.5 cm³/mol. The molecular weight excluding hydrogens is 234 g/mol. The molecule has 1 saturated carbocycles. The first kappa shape index (κ1) is 12.9. The molecule has 0 bridgehead atoms. The summed E-state index contributed by atoms with van der Waals surface area (Å²) in [5, 5.41) is 0. The Labute approximate surface area is 116 Å². The van der Waals surface area contributed by atoms with Crippen molar-refractivity contribution in [1.29, 1.82) is 0 Å². The second kappa shape index (κ2) is 5.10. The topological polar surface area (TPSA) is 29.0 Å². The van der Waals surface area contributed by atoms with Crippen LogP contribution in [0.5, 0.6) is 0 Å². The van der Waals surface area contributed by atoms with Gasteiger partial charge in [0.2, 0.25) is 0 Å². The van der Waals surface area contributed by atoms with E-state index in [4.69, 9.17) is 0 Å². The summed E-state index contributed by atoms with van der Waals surface area (Å²) in [5.41, 5.74) is 1.77. The monoisotopic (exact) mass is 259 g/mol. The molecule has 3 rings (SSSR count). The molecule has 0 N–H and O–H groups in total. The smallest absolute Gasteiger partial charge is 0.132 e. The van der Waals surface area contributed by atoms with Crippen molar-refractivity contribution in [3.63, 3.8) is 0 Å². The lowest BCUT2D eigenvalue weighted by atomic mass is 9.73. The third-order valence-electron chi connectivity index (χ3n) is 4.92. The molecule has 1 aliphatic carbocycles. The number of anilines is 1. The molecule has 3 heteroatoms. The van der Waals surface area contributed by atoms with E-state index in [-0.39, 0.29) is 0 Å². The van der Waals surface area contributed by atoms with Crippen LogP contribution in [-0.2, 0) is 6.42 Å². The van der Waals surface area contributed by atoms with E-state index < -0.39 is 0 Å². The minimum Gasteiger partial charge on any atom is -0.356 e. The van der Waals surface area contributed by atoms with Crippen molar-refractivity contribution in [1.82, 2.24) is 9.97 Å². The highest BCUT2D eigenvalue weighted by Crippen LogP contribution is 2.44. The van der Waals surface area contributed by atoms with Gasteiger partial charge in [0.05, 0.1) is 0 Å². The number of nitrogens with zero attached hydrogens (tertiary/aromatic N) is 3. The van der Waals surface area contributed by atoms with Crippen molar-refractivity contribution >= 4 is 5.82 Å². The van der Waals surface area contributed by atoms with Gasteiger partial charge in [0, 0.05) is 24.8 Å². The molecule has 0 radical (unpaired) electrons. The maximum absolute atomic E-state index is 4.66. The van der Waals surface area contributed by atoms with Crippen molar-refractivity contribution in [2.24, 2.45) is 5.41 Å². The maximum Gasteiger partial charge on any atom is 0.132 e. The molecule has 0 unspecified atom stereocenters. The Hall–Kier alpha value is -1.12. The Morgan fingerprint density at radius 2 is 1.95 bits per heavy atom. The SMILES string of the molecule is CCc1cc(N2CCC3(CCCCC3)C2)nc(C)n1. The fourth-order valence-electron chi connectivity index (χ4n) is 3.80. The Kier molecular flexibility index (Phi) is 3.46. The van der Waals surface area contributed by atoms with Gasteiger partial charge in [-0.2, -0.15) is 0 Å². The fraction of sp³-hybridized carbons (Fsp3) is 0.750. The number of aromatic nitrogens is 2. The van der Waals surface area contributed by atoms with Gasteiger partial charge in [-0.05, 0) is 38.0 Å². The molecule has 1 saturated heterocycles. The van der Waals surface area contributed by atoms with Crippen molar-refractivity contribution in [3.8, 4) is 0 Å². The standard InChI is InChI=1S/C16H25N3/c1-3-14-11-15(18-13(2)17-14)19-10-9-16(12-19)7-5-4-6-8-16/h11H,3-10,12H2,1-2H3. The van der Waals surface area contributed by atoms with Gasteiger partial charge in [0.15, 0.2) is 0 Å². The summed E-state index contributed by atoms with van der Waals surface area (Å²) in [6.07, 6.45) is 9.50. The predicted octanol–water partition coefficient (Wildman–Crippen LogP) is 3.51. The van der Waals surface area contributed by atoms with E-state index in [1.54, 1.807) is 0 Å². The van der Waals surface area contributed by atoms with Gasteiger partial charge in [-0.15, -0.1) is 0 Å². The summed E-state index contributed by atoms with van der Waals surface area (Å²) in [7, 11) is 0. The summed E-state index contributed by atoms with van der Waals surface area (Å²) in [5.74, 6) is 2.07. The van der Waals surface area contributed by atoms with Crippen LogP contribution >= 0.6 is 0 Å². The Morgan fingerprint density at radius 1 is 1.16 bits per heavy atom. The lowest BCUT2D eigenvalue weighted by Crippen LogP contribution is -2.29. The number of hydrogen-bond acceptors (Lipinski definition) is 3. The third kappa shape index (κ3) is 2.60. The highest BCUT2D eigenvalue weighted by atomic mass is 15.2. The van der Waals surface area contributed by atoms with E-state index in [0.717, 1.165) is 18.1 Å². The number of rotatable bonds is 2. The minimum absolute atomic E-state index is 0.601. The van der Waals surface area contributed by atoms with Gasteiger partial charge in [0.1, 0.15) is 11.6 Å². The van der Waals surface area contributed by atoms with E-state index in [1.807, 2.05) is 6.92 Å². The first-order chi connectivity index (χ1) is 9.21. The van der Waals surface area contributed by atoms with E-state index in [1.165, 1.54) is 57.3 Å². The summed E-state index contributed by atoms with van der Waals surface area (Å²) < 4.78 is 0. The molecule has 0 aromatic carbocycles. The van der Waals surface area contributed by atoms with E-state index in [2.05, 4.69) is 27.9 Å². The first-order valence-electron chi connectivity index (χ1n) is 7.80. The normalized spacial score (nSPS) is 22.1. The average molecular weight is 259 g/mol. The van der Waals surface area contributed by atoms with Crippen LogP contribution in [0.3, 0.4) is 0 Å². The molecule has 1 aliphatic heterocycles. The third-order valence-corrected chi connectivity index (χ3v) is 4.92. The molecule has 2 heterocycles. The number of aryl methyl sites for hydroxylation is 2. The largest absolute Gasteiger partial charge is 0.356 e. The summed E-state index contributed by atoms with van der Waals surface area (Å²) in [6, 6.07) is 2.19. The van der Waals surface area contributed by atoms with Crippen LogP contribution in [0.2, 0.25) is 0 Å². The molecule has 1 aromatic heterocycles.